The minimum atomic E-state index is -1.56. The van der Waals surface area contributed by atoms with Gasteiger partial charge >= 0.3 is 0 Å². The molecule has 12 nitrogen and oxygen atoms in total. The first kappa shape index (κ1) is 40.4. The molecule has 7 rings (SSSR count). The van der Waals surface area contributed by atoms with Crippen LogP contribution in [0.4, 0.5) is 11.4 Å². The van der Waals surface area contributed by atoms with Crippen LogP contribution in [0, 0.1) is 0 Å². The maximum Gasteiger partial charge on any atom is 0.231 e. The van der Waals surface area contributed by atoms with Crippen molar-refractivity contribution < 1.29 is 47.4 Å². The molecule has 4 N–H and O–H groups in total. The predicted octanol–water partition coefficient (Wildman–Crippen LogP) is 6.63. The topological polar surface area (TPSA) is 144 Å². The Kier molecular flexibility index (Phi) is 11.0. The lowest BCUT2D eigenvalue weighted by molar-refractivity contribution is -0.335. The Bertz CT molecular complexity index is 1950. The van der Waals surface area contributed by atoms with E-state index < -0.39 is 40.8 Å². The highest BCUT2D eigenvalue weighted by atomic mass is 16.8. The number of ether oxygens (including phenoxy) is 10. The lowest BCUT2D eigenvalue weighted by atomic mass is 9.59. The van der Waals surface area contributed by atoms with Gasteiger partial charge in [-0.05, 0) is 94.1 Å². The maximum atomic E-state index is 6.73. The van der Waals surface area contributed by atoms with E-state index in [0.717, 1.165) is 33.4 Å². The first-order valence-corrected chi connectivity index (χ1v) is 18.6. The molecule has 4 aromatic carbocycles. The lowest BCUT2D eigenvalue weighted by Gasteiger charge is -2.55. The zero-order valence-electron chi connectivity index (χ0n) is 33.7. The maximum absolute atomic E-state index is 6.73. The third kappa shape index (κ3) is 6.23. The Morgan fingerprint density at radius 2 is 0.772 bits per heavy atom. The van der Waals surface area contributed by atoms with Gasteiger partial charge in [0.15, 0.2) is 0 Å². The fourth-order valence-electron chi connectivity index (χ4n) is 9.11. The van der Waals surface area contributed by atoms with Crippen LogP contribution in [0.2, 0.25) is 0 Å². The summed E-state index contributed by atoms with van der Waals surface area (Å²) in [4.78, 5) is 0. The summed E-state index contributed by atoms with van der Waals surface area (Å²) in [6, 6.07) is 30.9. The standard InChI is InChI=1S/C45H52N2O10/c1-48-41(49-2)25-29(26-42(50-3,51-4)39(41)56-33-21-17-31(46)18-22-33)45(37-15-11-9-13-35(37)36-14-10-12-16-38(36)45)30-27-43(52-5,53-6)40(44(28-30,54-7)55-8)57-34-23-19-32(47)20-24-34/h9-25,27,39-40H,26,28,46-47H2,1-8H3. The van der Waals surface area contributed by atoms with E-state index in [1.807, 2.05) is 36.4 Å². The van der Waals surface area contributed by atoms with Crippen molar-refractivity contribution in [3.8, 4) is 22.6 Å². The smallest absolute Gasteiger partial charge is 0.231 e. The van der Waals surface area contributed by atoms with E-state index in [1.54, 1.807) is 105 Å². The molecule has 0 saturated carbocycles. The summed E-state index contributed by atoms with van der Waals surface area (Å²) in [5.74, 6) is -5.01. The molecule has 0 amide bonds. The Hall–Kier alpha value is -4.76. The van der Waals surface area contributed by atoms with Gasteiger partial charge < -0.3 is 58.8 Å². The molecule has 0 heterocycles. The molecule has 12 heteroatoms. The van der Waals surface area contributed by atoms with Gasteiger partial charge in [0.2, 0.25) is 35.4 Å². The van der Waals surface area contributed by atoms with Gasteiger partial charge in [0.1, 0.15) is 11.5 Å². The minimum Gasteiger partial charge on any atom is -0.479 e. The first-order chi connectivity index (χ1) is 27.5. The van der Waals surface area contributed by atoms with Gasteiger partial charge in [0.25, 0.3) is 0 Å². The van der Waals surface area contributed by atoms with E-state index in [1.165, 1.54) is 0 Å². The highest BCUT2D eigenvalue weighted by molar-refractivity contribution is 5.86. The molecule has 0 spiro atoms. The summed E-state index contributed by atoms with van der Waals surface area (Å²) in [6.45, 7) is 0. The second-order valence-electron chi connectivity index (χ2n) is 14.4. The number of fused-ring (bicyclic) bond motifs is 3. The summed E-state index contributed by atoms with van der Waals surface area (Å²) >= 11 is 0. The van der Waals surface area contributed by atoms with E-state index >= 15 is 0 Å². The van der Waals surface area contributed by atoms with E-state index in [-0.39, 0.29) is 12.8 Å². The number of anilines is 2. The average molecular weight is 781 g/mol. The third-order valence-electron chi connectivity index (χ3n) is 12.0. The van der Waals surface area contributed by atoms with Gasteiger partial charge in [-0.2, -0.15) is 0 Å². The van der Waals surface area contributed by atoms with Crippen LogP contribution < -0.4 is 20.9 Å². The van der Waals surface area contributed by atoms with Crippen molar-refractivity contribution in [1.82, 2.24) is 0 Å². The lowest BCUT2D eigenvalue weighted by Crippen LogP contribution is -2.67. The molecule has 302 valence electrons. The van der Waals surface area contributed by atoms with Gasteiger partial charge in [0.05, 0.1) is 5.41 Å². The number of nitrogen functional groups attached to an aromatic ring is 2. The molecule has 4 aromatic rings. The van der Waals surface area contributed by atoms with Gasteiger partial charge in [0, 0.05) is 81.1 Å². The van der Waals surface area contributed by atoms with Crippen molar-refractivity contribution in [1.29, 1.82) is 0 Å². The number of nitrogens with two attached hydrogens (primary N) is 2. The molecule has 0 aromatic heterocycles. The molecule has 3 aliphatic rings. The molecule has 0 radical (unpaired) electrons. The molecule has 57 heavy (non-hydrogen) atoms. The Labute approximate surface area is 334 Å². The van der Waals surface area contributed by atoms with Crippen molar-refractivity contribution in [3.63, 3.8) is 0 Å². The van der Waals surface area contributed by atoms with E-state index in [4.69, 9.17) is 58.8 Å². The average Bonchev–Trinajstić information content (AvgIpc) is 3.56. The van der Waals surface area contributed by atoms with Crippen LogP contribution in [0.3, 0.4) is 0 Å². The summed E-state index contributed by atoms with van der Waals surface area (Å²) in [5.41, 5.74) is 17.9. The SMILES string of the molecule is COC1(OC)C=C(C2(C3=CC(OC)(OC)C(Oc4ccc(N)cc4)C(OC)(OC)C3)c3ccccc3-c3ccccc32)CC(OC)(OC)C1Oc1ccc(N)cc1. The van der Waals surface area contributed by atoms with E-state index in [0.29, 0.717) is 22.9 Å². The normalized spacial score (nSPS) is 22.1. The number of benzene rings is 4. The quantitative estimate of drug-likeness (QED) is 0.0806. The second-order valence-corrected chi connectivity index (χ2v) is 14.4. The highest BCUT2D eigenvalue weighted by Gasteiger charge is 2.66. The molecule has 2 atom stereocenters. The fourth-order valence-corrected chi connectivity index (χ4v) is 9.11. The number of hydrogen-bond acceptors (Lipinski definition) is 12. The summed E-state index contributed by atoms with van der Waals surface area (Å²) in [5, 5.41) is 0. The molecule has 3 aliphatic carbocycles. The molecular formula is C45H52N2O10. The molecule has 0 aliphatic heterocycles. The second kappa shape index (κ2) is 15.5. The van der Waals surface area contributed by atoms with Crippen LogP contribution >= 0.6 is 0 Å². The molecule has 0 bridgehead atoms. The van der Waals surface area contributed by atoms with Crippen LogP contribution in [0.1, 0.15) is 24.0 Å². The number of methoxy groups -OCH3 is 8. The van der Waals surface area contributed by atoms with Crippen molar-refractivity contribution >= 4 is 11.4 Å². The highest BCUT2D eigenvalue weighted by Crippen LogP contribution is 2.63. The van der Waals surface area contributed by atoms with Crippen LogP contribution in [0.15, 0.2) is 120 Å². The van der Waals surface area contributed by atoms with Gasteiger partial charge in [-0.3, -0.25) is 0 Å². The van der Waals surface area contributed by atoms with Gasteiger partial charge in [-0.1, -0.05) is 48.5 Å². The zero-order valence-corrected chi connectivity index (χ0v) is 33.7. The summed E-state index contributed by atoms with van der Waals surface area (Å²) in [6.07, 6.45) is 2.42. The van der Waals surface area contributed by atoms with Crippen LogP contribution in [0.25, 0.3) is 11.1 Å². The number of hydrogen-bond donors (Lipinski definition) is 2. The molecule has 0 saturated heterocycles. The van der Waals surface area contributed by atoms with E-state index in [2.05, 4.69) is 24.3 Å². The Morgan fingerprint density at radius 3 is 1.09 bits per heavy atom. The number of rotatable bonds is 14. The molecular weight excluding hydrogens is 728 g/mol. The molecule has 0 fully saturated rings. The van der Waals surface area contributed by atoms with Gasteiger partial charge in [-0.25, -0.2) is 0 Å². The van der Waals surface area contributed by atoms with Crippen molar-refractivity contribution in [2.24, 2.45) is 0 Å². The Balaban J connectivity index is 1.55. The predicted molar refractivity (Wildman–Crippen MR) is 216 cm³/mol. The zero-order chi connectivity index (χ0) is 40.6. The fraction of sp³-hybridized carbons (Fsp3) is 0.378. The largest absolute Gasteiger partial charge is 0.479 e. The van der Waals surface area contributed by atoms with Crippen molar-refractivity contribution in [3.05, 3.63) is 131 Å². The van der Waals surface area contributed by atoms with Crippen molar-refractivity contribution in [2.75, 3.05) is 68.3 Å². The summed E-state index contributed by atoms with van der Waals surface area (Å²) < 4.78 is 64.8. The third-order valence-corrected chi connectivity index (χ3v) is 12.0. The molecule has 2 unspecified atom stereocenters. The minimum absolute atomic E-state index is 0.194. The Morgan fingerprint density at radius 1 is 0.439 bits per heavy atom. The van der Waals surface area contributed by atoms with Crippen molar-refractivity contribution in [2.45, 2.75) is 53.6 Å². The monoisotopic (exact) mass is 780 g/mol. The van der Waals surface area contributed by atoms with Crippen LogP contribution in [-0.4, -0.2) is 92.2 Å². The van der Waals surface area contributed by atoms with Crippen LogP contribution in [0.5, 0.6) is 11.5 Å². The first-order valence-electron chi connectivity index (χ1n) is 18.6. The summed E-state index contributed by atoms with van der Waals surface area (Å²) in [7, 11) is 12.6. The van der Waals surface area contributed by atoms with E-state index in [9.17, 15) is 0 Å². The van der Waals surface area contributed by atoms with Crippen LogP contribution in [-0.2, 0) is 43.3 Å². The van der Waals surface area contributed by atoms with Gasteiger partial charge in [-0.15, -0.1) is 0 Å².